The maximum atomic E-state index is 12.1. The van der Waals surface area contributed by atoms with Crippen LogP contribution in [0, 0.1) is 0 Å². The first-order chi connectivity index (χ1) is 8.92. The molecule has 1 saturated heterocycles. The molecule has 0 aromatic carbocycles. The van der Waals surface area contributed by atoms with Crippen molar-refractivity contribution in [1.29, 1.82) is 0 Å². The van der Waals surface area contributed by atoms with Gasteiger partial charge < -0.3 is 10.2 Å². The fraction of sp³-hybridized carbons (Fsp3) is 0.917. The highest BCUT2D eigenvalue weighted by Gasteiger charge is 2.28. The predicted molar refractivity (Wildman–Crippen MR) is 85.8 cm³/mol. The zero-order chi connectivity index (χ0) is 14.3. The smallest absolute Gasteiger partial charge is 0.356 e. The van der Waals surface area contributed by atoms with Crippen LogP contribution in [0.1, 0.15) is 19.3 Å². The summed E-state index contributed by atoms with van der Waals surface area (Å²) in [6.07, 6.45) is -1.10. The molecule has 1 heterocycles. The second-order valence-corrected chi connectivity index (χ2v) is 4.87. The van der Waals surface area contributed by atoms with Gasteiger partial charge in [0, 0.05) is 26.7 Å². The van der Waals surface area contributed by atoms with E-state index in [9.17, 15) is 13.2 Å². The molecule has 1 aliphatic rings. The first-order valence-electron chi connectivity index (χ1n) is 6.63. The normalized spacial score (nSPS) is 16.5. The van der Waals surface area contributed by atoms with E-state index in [1.807, 2.05) is 0 Å². The highest BCUT2D eigenvalue weighted by molar-refractivity contribution is 14.0. The third-order valence-corrected chi connectivity index (χ3v) is 3.07. The van der Waals surface area contributed by atoms with Gasteiger partial charge in [-0.15, -0.1) is 24.0 Å². The summed E-state index contributed by atoms with van der Waals surface area (Å²) in [5.74, 6) is 0.857. The van der Waals surface area contributed by atoms with Crippen LogP contribution in [0.5, 0.6) is 0 Å². The minimum Gasteiger partial charge on any atom is -0.356 e. The lowest BCUT2D eigenvalue weighted by molar-refractivity contribution is -0.143. The third kappa shape index (κ3) is 8.13. The Morgan fingerprint density at radius 3 is 2.40 bits per heavy atom. The molecule has 0 aromatic rings. The third-order valence-electron chi connectivity index (χ3n) is 3.07. The molecule has 0 aromatic heterocycles. The monoisotopic (exact) mass is 408 g/mol. The molecule has 0 atom stereocenters. The lowest BCUT2D eigenvalue weighted by Gasteiger charge is -2.22. The van der Waals surface area contributed by atoms with Crippen LogP contribution in [0.3, 0.4) is 0 Å². The van der Waals surface area contributed by atoms with Crippen molar-refractivity contribution in [2.75, 3.05) is 46.8 Å². The van der Waals surface area contributed by atoms with Crippen molar-refractivity contribution >= 4 is 29.9 Å². The number of alkyl halides is 3. The van der Waals surface area contributed by atoms with Crippen molar-refractivity contribution < 1.29 is 13.2 Å². The Labute approximate surface area is 135 Å². The van der Waals surface area contributed by atoms with Crippen molar-refractivity contribution in [2.45, 2.75) is 25.4 Å². The first-order valence-corrected chi connectivity index (χ1v) is 6.63. The largest absolute Gasteiger partial charge is 0.401 e. The Morgan fingerprint density at radius 2 is 1.90 bits per heavy atom. The minimum atomic E-state index is -4.12. The fourth-order valence-corrected chi connectivity index (χ4v) is 2.20. The molecule has 0 bridgehead atoms. The molecule has 0 amide bonds. The molecule has 0 radical (unpaired) electrons. The Balaban J connectivity index is 0.00000361. The number of halogens is 4. The molecule has 0 aliphatic carbocycles. The molecule has 20 heavy (non-hydrogen) atoms. The Bertz CT molecular complexity index is 291. The van der Waals surface area contributed by atoms with E-state index in [0.29, 0.717) is 19.5 Å². The molecule has 8 heteroatoms. The van der Waals surface area contributed by atoms with E-state index in [1.54, 1.807) is 7.05 Å². The molecule has 1 rings (SSSR count). The summed E-state index contributed by atoms with van der Waals surface area (Å²) in [5.41, 5.74) is 0. The zero-order valence-electron chi connectivity index (χ0n) is 12.0. The van der Waals surface area contributed by atoms with Crippen LogP contribution in [0.4, 0.5) is 13.2 Å². The summed E-state index contributed by atoms with van der Waals surface area (Å²) >= 11 is 0. The van der Waals surface area contributed by atoms with Gasteiger partial charge in [-0.2, -0.15) is 13.2 Å². The van der Waals surface area contributed by atoms with Crippen LogP contribution in [-0.2, 0) is 0 Å². The van der Waals surface area contributed by atoms with E-state index in [4.69, 9.17) is 0 Å². The average molecular weight is 408 g/mol. The standard InChI is InChI=1S/C12H23F3N4.HI/c1-16-11(19-8-3-4-9-19)17-6-5-7-18(2)10-12(13,14)15;/h3-10H2,1-2H3,(H,16,17);1H. The second-order valence-electron chi connectivity index (χ2n) is 4.87. The Hall–Kier alpha value is -0.250. The van der Waals surface area contributed by atoms with Gasteiger partial charge in [0.05, 0.1) is 6.54 Å². The van der Waals surface area contributed by atoms with Gasteiger partial charge in [0.1, 0.15) is 0 Å². The van der Waals surface area contributed by atoms with Crippen molar-refractivity contribution in [1.82, 2.24) is 15.1 Å². The number of nitrogens with zero attached hydrogens (tertiary/aromatic N) is 3. The van der Waals surface area contributed by atoms with Crippen molar-refractivity contribution in [3.63, 3.8) is 0 Å². The molecule has 1 aliphatic heterocycles. The van der Waals surface area contributed by atoms with Crippen LogP contribution in [-0.4, -0.2) is 68.8 Å². The molecule has 0 unspecified atom stereocenters. The van der Waals surface area contributed by atoms with Gasteiger partial charge in [-0.3, -0.25) is 9.89 Å². The summed E-state index contributed by atoms with van der Waals surface area (Å²) in [6.45, 7) is 2.23. The van der Waals surface area contributed by atoms with E-state index in [2.05, 4.69) is 15.2 Å². The first kappa shape index (κ1) is 19.8. The molecule has 0 spiro atoms. The Kier molecular flexibility index (Phi) is 9.52. The average Bonchev–Trinajstić information content (AvgIpc) is 2.80. The summed E-state index contributed by atoms with van der Waals surface area (Å²) in [6, 6.07) is 0. The predicted octanol–water partition coefficient (Wildman–Crippen LogP) is 2.16. The van der Waals surface area contributed by atoms with E-state index >= 15 is 0 Å². The van der Waals surface area contributed by atoms with Crippen LogP contribution in [0.15, 0.2) is 4.99 Å². The SMILES string of the molecule is CN=C(NCCCN(C)CC(F)(F)F)N1CCCC1.I. The fourth-order valence-electron chi connectivity index (χ4n) is 2.20. The molecular weight excluding hydrogens is 384 g/mol. The van der Waals surface area contributed by atoms with Gasteiger partial charge in [-0.05, 0) is 32.9 Å². The van der Waals surface area contributed by atoms with E-state index in [0.717, 1.165) is 19.0 Å². The van der Waals surface area contributed by atoms with Crippen LogP contribution >= 0.6 is 24.0 Å². The van der Waals surface area contributed by atoms with Gasteiger partial charge in [0.2, 0.25) is 0 Å². The van der Waals surface area contributed by atoms with Crippen molar-refractivity contribution in [3.05, 3.63) is 0 Å². The lowest BCUT2D eigenvalue weighted by atomic mass is 10.4. The van der Waals surface area contributed by atoms with Gasteiger partial charge in [0.15, 0.2) is 5.96 Å². The minimum absolute atomic E-state index is 0. The summed E-state index contributed by atoms with van der Waals surface area (Å²) in [7, 11) is 3.22. The van der Waals surface area contributed by atoms with Crippen molar-refractivity contribution in [2.24, 2.45) is 4.99 Å². The number of hydrogen-bond acceptors (Lipinski definition) is 2. The number of rotatable bonds is 5. The number of likely N-dealkylation sites (tertiary alicyclic amines) is 1. The van der Waals surface area contributed by atoms with Gasteiger partial charge >= 0.3 is 6.18 Å². The van der Waals surface area contributed by atoms with Gasteiger partial charge in [-0.25, -0.2) is 0 Å². The highest BCUT2D eigenvalue weighted by atomic mass is 127. The second kappa shape index (κ2) is 9.64. The number of aliphatic imine (C=N–C) groups is 1. The molecule has 4 nitrogen and oxygen atoms in total. The molecule has 0 saturated carbocycles. The van der Waals surface area contributed by atoms with Gasteiger partial charge in [-0.1, -0.05) is 0 Å². The van der Waals surface area contributed by atoms with Crippen LogP contribution in [0.25, 0.3) is 0 Å². The summed E-state index contributed by atoms with van der Waals surface area (Å²) in [5, 5.41) is 3.20. The van der Waals surface area contributed by atoms with Crippen LogP contribution < -0.4 is 5.32 Å². The maximum absolute atomic E-state index is 12.1. The van der Waals surface area contributed by atoms with E-state index in [-0.39, 0.29) is 24.0 Å². The summed E-state index contributed by atoms with van der Waals surface area (Å²) < 4.78 is 36.4. The zero-order valence-corrected chi connectivity index (χ0v) is 14.4. The molecule has 1 N–H and O–H groups in total. The molecule has 1 fully saturated rings. The molecular formula is C12H24F3IN4. The highest BCUT2D eigenvalue weighted by Crippen LogP contribution is 2.15. The molecule has 120 valence electrons. The maximum Gasteiger partial charge on any atom is 0.401 e. The Morgan fingerprint density at radius 1 is 1.30 bits per heavy atom. The van der Waals surface area contributed by atoms with E-state index < -0.39 is 12.7 Å². The van der Waals surface area contributed by atoms with Crippen LogP contribution in [0.2, 0.25) is 0 Å². The number of nitrogens with one attached hydrogen (secondary N) is 1. The number of hydrogen-bond donors (Lipinski definition) is 1. The van der Waals surface area contributed by atoms with Crippen molar-refractivity contribution in [3.8, 4) is 0 Å². The lowest BCUT2D eigenvalue weighted by Crippen LogP contribution is -2.41. The van der Waals surface area contributed by atoms with Gasteiger partial charge in [0.25, 0.3) is 0 Å². The summed E-state index contributed by atoms with van der Waals surface area (Å²) in [4.78, 5) is 7.66. The number of guanidine groups is 1. The quantitative estimate of drug-likeness (QED) is 0.328. The van der Waals surface area contributed by atoms with E-state index in [1.165, 1.54) is 24.8 Å². The topological polar surface area (TPSA) is 30.9 Å².